The van der Waals surface area contributed by atoms with E-state index < -0.39 is 0 Å². The second kappa shape index (κ2) is 5.14. The monoisotopic (exact) mass is 251 g/mol. The average Bonchev–Trinajstić information content (AvgIpc) is 2.73. The molecule has 1 aromatic carbocycles. The predicted molar refractivity (Wildman–Crippen MR) is 68.5 cm³/mol. The maximum absolute atomic E-state index is 5.89. The molecule has 1 aromatic heterocycles. The van der Waals surface area contributed by atoms with E-state index in [4.69, 9.17) is 11.6 Å². The topological polar surface area (TPSA) is 56.6 Å². The van der Waals surface area contributed by atoms with E-state index in [0.717, 1.165) is 24.0 Å². The Morgan fingerprint density at radius 1 is 1.35 bits per heavy atom. The summed E-state index contributed by atoms with van der Waals surface area (Å²) < 4.78 is 0. The molecule has 0 radical (unpaired) electrons. The molecular formula is C11H14ClN5. The number of benzene rings is 1. The zero-order valence-electron chi connectivity index (χ0n) is 9.81. The summed E-state index contributed by atoms with van der Waals surface area (Å²) in [4.78, 5) is 0. The highest BCUT2D eigenvalue weighted by atomic mass is 35.5. The molecule has 0 fully saturated rings. The predicted octanol–water partition coefficient (Wildman–Crippen LogP) is 3.56. The number of fused-ring (bicyclic) bond motifs is 1. The van der Waals surface area contributed by atoms with Gasteiger partial charge >= 0.3 is 0 Å². The van der Waals surface area contributed by atoms with E-state index in [1.165, 1.54) is 0 Å². The number of nitrogens with one attached hydrogen (secondary N) is 1. The summed E-state index contributed by atoms with van der Waals surface area (Å²) in [6.45, 7) is 5.72. The van der Waals surface area contributed by atoms with Crippen molar-refractivity contribution in [3.8, 4) is 0 Å². The lowest BCUT2D eigenvalue weighted by molar-refractivity contribution is 0.300. The summed E-state index contributed by atoms with van der Waals surface area (Å²) in [5.74, 6) is 0.587. The molecule has 6 heteroatoms. The normalized spacial score (nSPS) is 11.5. The molecule has 0 amide bonds. The molecule has 0 saturated carbocycles. The molecule has 5 nitrogen and oxygen atoms in total. The first kappa shape index (κ1) is 11.9. The van der Waals surface area contributed by atoms with Crippen molar-refractivity contribution in [1.29, 1.82) is 0 Å². The van der Waals surface area contributed by atoms with Crippen molar-refractivity contribution in [3.63, 3.8) is 0 Å². The zero-order valence-corrected chi connectivity index (χ0v) is 10.6. The van der Waals surface area contributed by atoms with Gasteiger partial charge in [-0.1, -0.05) is 16.8 Å². The summed E-state index contributed by atoms with van der Waals surface area (Å²) >= 11 is 5.89. The summed E-state index contributed by atoms with van der Waals surface area (Å²) in [5, 5.41) is 18.7. The molecule has 1 N–H and O–H groups in total. The van der Waals surface area contributed by atoms with Crippen molar-refractivity contribution in [3.05, 3.63) is 23.2 Å². The third kappa shape index (κ3) is 2.55. The van der Waals surface area contributed by atoms with Crippen LogP contribution in [0.1, 0.15) is 13.8 Å². The number of hydrogen-bond donors (Lipinski definition) is 1. The maximum atomic E-state index is 5.89. The van der Waals surface area contributed by atoms with E-state index >= 15 is 0 Å². The summed E-state index contributed by atoms with van der Waals surface area (Å²) in [7, 11) is 0. The van der Waals surface area contributed by atoms with Crippen LogP contribution < -0.4 is 0 Å². The highest BCUT2D eigenvalue weighted by molar-refractivity contribution is 6.31. The first-order valence-corrected chi connectivity index (χ1v) is 5.92. The molecule has 0 saturated heterocycles. The van der Waals surface area contributed by atoms with Crippen molar-refractivity contribution >= 4 is 28.3 Å². The second-order valence-electron chi connectivity index (χ2n) is 3.57. The fourth-order valence-electron chi connectivity index (χ4n) is 1.51. The Bertz CT molecular complexity index is 530. The first-order chi connectivity index (χ1) is 8.24. The van der Waals surface area contributed by atoms with Gasteiger partial charge in [0.1, 0.15) is 0 Å². The summed E-state index contributed by atoms with van der Waals surface area (Å²) in [6, 6.07) is 5.52. The molecule has 0 spiro atoms. The largest absolute Gasteiger partial charge is 0.279 e. The Morgan fingerprint density at radius 2 is 2.12 bits per heavy atom. The van der Waals surface area contributed by atoms with Crippen LogP contribution in [0.25, 0.3) is 10.9 Å². The molecule has 0 aliphatic heterocycles. The molecular weight excluding hydrogens is 238 g/mol. The molecule has 90 valence electrons. The highest BCUT2D eigenvalue weighted by Crippen LogP contribution is 2.25. The Hall–Kier alpha value is -1.62. The van der Waals surface area contributed by atoms with Gasteiger partial charge < -0.3 is 0 Å². The standard InChI is InChI=1S/C11H14ClN5/c1-3-17(4-2)16-15-11-9-6-5-8(12)7-10(9)13-14-11/h5-7H,3-4H2,1-2H3,(H,13,14). The van der Waals surface area contributed by atoms with Gasteiger partial charge in [0.05, 0.1) is 5.52 Å². The minimum atomic E-state index is 0.587. The van der Waals surface area contributed by atoms with Crippen molar-refractivity contribution in [2.45, 2.75) is 13.8 Å². The molecule has 2 rings (SSSR count). The van der Waals surface area contributed by atoms with Crippen molar-refractivity contribution in [2.24, 2.45) is 10.3 Å². The number of halogens is 1. The SMILES string of the molecule is CCN(CC)N=Nc1n[nH]c2cc(Cl)ccc12. The Balaban J connectivity index is 2.30. The van der Waals surface area contributed by atoms with Gasteiger partial charge in [0.25, 0.3) is 0 Å². The Morgan fingerprint density at radius 3 is 2.82 bits per heavy atom. The van der Waals surface area contributed by atoms with Crippen molar-refractivity contribution in [2.75, 3.05) is 13.1 Å². The van der Waals surface area contributed by atoms with Crippen LogP contribution in [-0.2, 0) is 0 Å². The third-order valence-electron chi connectivity index (χ3n) is 2.50. The van der Waals surface area contributed by atoms with Crippen molar-refractivity contribution in [1.82, 2.24) is 15.2 Å². The van der Waals surface area contributed by atoms with E-state index in [1.54, 1.807) is 0 Å². The zero-order chi connectivity index (χ0) is 12.3. The number of rotatable bonds is 4. The molecule has 17 heavy (non-hydrogen) atoms. The van der Waals surface area contributed by atoms with Gasteiger partial charge in [0, 0.05) is 23.5 Å². The fourth-order valence-corrected chi connectivity index (χ4v) is 1.68. The fraction of sp³-hybridized carbons (Fsp3) is 0.364. The van der Waals surface area contributed by atoms with Crippen LogP contribution in [0.2, 0.25) is 5.02 Å². The van der Waals surface area contributed by atoms with E-state index in [2.05, 4.69) is 20.5 Å². The second-order valence-corrected chi connectivity index (χ2v) is 4.00. The van der Waals surface area contributed by atoms with Crippen molar-refractivity contribution < 1.29 is 0 Å². The molecule has 2 aromatic rings. The smallest absolute Gasteiger partial charge is 0.205 e. The number of aromatic amines is 1. The van der Waals surface area contributed by atoms with E-state index in [9.17, 15) is 0 Å². The van der Waals surface area contributed by atoms with Gasteiger partial charge in [-0.3, -0.25) is 10.1 Å². The van der Waals surface area contributed by atoms with Crippen LogP contribution in [0.5, 0.6) is 0 Å². The lowest BCUT2D eigenvalue weighted by Gasteiger charge is -2.10. The average molecular weight is 252 g/mol. The van der Waals surface area contributed by atoms with E-state index in [1.807, 2.05) is 37.1 Å². The number of nitrogens with zero attached hydrogens (tertiary/aromatic N) is 4. The van der Waals surface area contributed by atoms with Crippen LogP contribution in [0.4, 0.5) is 5.82 Å². The van der Waals surface area contributed by atoms with Crippen LogP contribution >= 0.6 is 11.6 Å². The maximum Gasteiger partial charge on any atom is 0.205 e. The number of H-pyrrole nitrogens is 1. The lowest BCUT2D eigenvalue weighted by atomic mass is 10.2. The van der Waals surface area contributed by atoms with Gasteiger partial charge in [0.15, 0.2) is 0 Å². The molecule has 0 aliphatic carbocycles. The Kier molecular flexibility index (Phi) is 3.58. The molecule has 0 aliphatic rings. The molecule has 0 atom stereocenters. The highest BCUT2D eigenvalue weighted by Gasteiger charge is 2.05. The van der Waals surface area contributed by atoms with Crippen LogP contribution in [0.15, 0.2) is 28.5 Å². The molecule has 0 unspecified atom stereocenters. The van der Waals surface area contributed by atoms with Gasteiger partial charge in [0.2, 0.25) is 5.82 Å². The lowest BCUT2D eigenvalue weighted by Crippen LogP contribution is -2.14. The summed E-state index contributed by atoms with van der Waals surface area (Å²) in [6.07, 6.45) is 0. The molecule has 0 bridgehead atoms. The van der Waals surface area contributed by atoms with Gasteiger partial charge in [-0.2, -0.15) is 5.10 Å². The van der Waals surface area contributed by atoms with E-state index in [-0.39, 0.29) is 0 Å². The molecule has 1 heterocycles. The van der Waals surface area contributed by atoms with E-state index in [0.29, 0.717) is 10.8 Å². The van der Waals surface area contributed by atoms with Crippen LogP contribution in [0.3, 0.4) is 0 Å². The minimum absolute atomic E-state index is 0.587. The Labute approximate surface area is 104 Å². The van der Waals surface area contributed by atoms with Gasteiger partial charge in [-0.15, -0.1) is 5.11 Å². The number of aromatic nitrogens is 2. The van der Waals surface area contributed by atoms with Crippen LogP contribution in [0, 0.1) is 0 Å². The van der Waals surface area contributed by atoms with Gasteiger partial charge in [-0.25, -0.2) is 0 Å². The summed E-state index contributed by atoms with van der Waals surface area (Å²) in [5.41, 5.74) is 0.867. The first-order valence-electron chi connectivity index (χ1n) is 5.54. The third-order valence-corrected chi connectivity index (χ3v) is 2.74. The van der Waals surface area contributed by atoms with Gasteiger partial charge in [-0.05, 0) is 32.0 Å². The number of hydrogen-bond acceptors (Lipinski definition) is 3. The minimum Gasteiger partial charge on any atom is -0.279 e. The van der Waals surface area contributed by atoms with Crippen LogP contribution in [-0.4, -0.2) is 28.3 Å². The quantitative estimate of drug-likeness (QED) is 0.667.